The lowest BCUT2D eigenvalue weighted by Gasteiger charge is -2.33. The summed E-state index contributed by atoms with van der Waals surface area (Å²) in [7, 11) is 0. The Bertz CT molecular complexity index is 399. The first-order chi connectivity index (χ1) is 7.68. The number of piperazine rings is 1. The van der Waals surface area contributed by atoms with Gasteiger partial charge in [0.25, 0.3) is 0 Å². The van der Waals surface area contributed by atoms with E-state index in [4.69, 9.17) is 5.11 Å². The molecule has 1 atom stereocenters. The normalized spacial score (nSPS) is 20.8. The van der Waals surface area contributed by atoms with Crippen LogP contribution in [-0.4, -0.2) is 40.7 Å². The van der Waals surface area contributed by atoms with Gasteiger partial charge in [0, 0.05) is 19.6 Å². The molecule has 1 fully saturated rings. The molecule has 2 heterocycles. The number of rotatable bonds is 1. The zero-order valence-corrected chi connectivity index (χ0v) is 10.1. The van der Waals surface area contributed by atoms with Crippen LogP contribution in [-0.2, 0) is 0 Å². The zero-order valence-electron chi connectivity index (χ0n) is 8.56. The fourth-order valence-electron chi connectivity index (χ4n) is 1.81. The number of carboxylic acid groups (broad SMARTS) is 1. The minimum atomic E-state index is -0.895. The first-order valence-corrected chi connectivity index (χ1v) is 5.80. The molecular formula is C10H12BrN3O2. The molecule has 6 heteroatoms. The van der Waals surface area contributed by atoms with Crippen molar-refractivity contribution in [3.63, 3.8) is 0 Å². The highest BCUT2D eigenvalue weighted by atomic mass is 79.9. The summed E-state index contributed by atoms with van der Waals surface area (Å²) in [6.45, 7) is 1.79. The van der Waals surface area contributed by atoms with Gasteiger partial charge in [-0.2, -0.15) is 0 Å². The quantitative estimate of drug-likeness (QED) is 0.767. The minimum Gasteiger partial charge on any atom is -0.465 e. The topological polar surface area (TPSA) is 65.5 Å². The highest BCUT2D eigenvalue weighted by Crippen LogP contribution is 2.21. The van der Waals surface area contributed by atoms with Crippen molar-refractivity contribution in [1.82, 2.24) is 15.2 Å². The summed E-state index contributed by atoms with van der Waals surface area (Å²) in [5.74, 6) is 0. The summed E-state index contributed by atoms with van der Waals surface area (Å²) in [4.78, 5) is 16.8. The standard InChI is InChI=1S/C10H12BrN3O2/c11-9-3-1-2-7(13-9)8-6-12-4-5-14(8)10(15)16/h1-3,8,12H,4-6H2,(H,15,16). The van der Waals surface area contributed by atoms with E-state index < -0.39 is 6.09 Å². The number of nitrogens with zero attached hydrogens (tertiary/aromatic N) is 2. The Morgan fingerprint density at radius 2 is 2.44 bits per heavy atom. The molecule has 16 heavy (non-hydrogen) atoms. The largest absolute Gasteiger partial charge is 0.465 e. The summed E-state index contributed by atoms with van der Waals surface area (Å²) in [5.41, 5.74) is 0.768. The lowest BCUT2D eigenvalue weighted by Crippen LogP contribution is -2.48. The minimum absolute atomic E-state index is 0.205. The van der Waals surface area contributed by atoms with Crippen LogP contribution in [0.3, 0.4) is 0 Å². The third-order valence-corrected chi connectivity index (χ3v) is 3.01. The van der Waals surface area contributed by atoms with Crippen LogP contribution >= 0.6 is 15.9 Å². The molecule has 0 spiro atoms. The van der Waals surface area contributed by atoms with E-state index in [0.29, 0.717) is 19.6 Å². The lowest BCUT2D eigenvalue weighted by atomic mass is 10.1. The number of hydrogen-bond donors (Lipinski definition) is 2. The molecular weight excluding hydrogens is 274 g/mol. The molecule has 5 nitrogen and oxygen atoms in total. The van der Waals surface area contributed by atoms with Gasteiger partial charge in [-0.1, -0.05) is 6.07 Å². The van der Waals surface area contributed by atoms with E-state index >= 15 is 0 Å². The van der Waals surface area contributed by atoms with Crippen LogP contribution < -0.4 is 5.32 Å². The summed E-state index contributed by atoms with van der Waals surface area (Å²) in [6.07, 6.45) is -0.895. The van der Waals surface area contributed by atoms with Crippen molar-refractivity contribution in [2.75, 3.05) is 19.6 Å². The average molecular weight is 286 g/mol. The van der Waals surface area contributed by atoms with Crippen molar-refractivity contribution in [2.24, 2.45) is 0 Å². The van der Waals surface area contributed by atoms with Crippen molar-refractivity contribution in [1.29, 1.82) is 0 Å². The molecule has 1 aromatic rings. The number of amides is 1. The molecule has 0 saturated carbocycles. The number of aromatic nitrogens is 1. The van der Waals surface area contributed by atoms with Crippen LogP contribution in [0.1, 0.15) is 11.7 Å². The summed E-state index contributed by atoms with van der Waals surface area (Å²) >= 11 is 3.29. The highest BCUT2D eigenvalue weighted by Gasteiger charge is 2.28. The van der Waals surface area contributed by atoms with Gasteiger partial charge in [0.2, 0.25) is 0 Å². The van der Waals surface area contributed by atoms with Crippen LogP contribution in [0.25, 0.3) is 0 Å². The van der Waals surface area contributed by atoms with Crippen molar-refractivity contribution in [3.05, 3.63) is 28.5 Å². The summed E-state index contributed by atoms with van der Waals surface area (Å²) in [6, 6.07) is 5.33. The third kappa shape index (κ3) is 2.33. The van der Waals surface area contributed by atoms with Crippen LogP contribution in [0.2, 0.25) is 0 Å². The SMILES string of the molecule is O=C(O)N1CCNCC1c1cccc(Br)n1. The van der Waals surface area contributed by atoms with E-state index in [1.807, 2.05) is 18.2 Å². The number of halogens is 1. The second kappa shape index (κ2) is 4.80. The van der Waals surface area contributed by atoms with E-state index in [0.717, 1.165) is 10.3 Å². The van der Waals surface area contributed by atoms with Gasteiger partial charge in [-0.15, -0.1) is 0 Å². The molecule has 2 N–H and O–H groups in total. The van der Waals surface area contributed by atoms with E-state index in [-0.39, 0.29) is 6.04 Å². The molecule has 0 aromatic carbocycles. The van der Waals surface area contributed by atoms with Crippen molar-refractivity contribution >= 4 is 22.0 Å². The van der Waals surface area contributed by atoms with Crippen molar-refractivity contribution in [3.8, 4) is 0 Å². The maximum atomic E-state index is 11.1. The number of carbonyl (C=O) groups is 1. The van der Waals surface area contributed by atoms with Crippen LogP contribution in [0.5, 0.6) is 0 Å². The van der Waals surface area contributed by atoms with Crippen LogP contribution in [0.4, 0.5) is 4.79 Å². The number of pyridine rings is 1. The summed E-state index contributed by atoms with van der Waals surface area (Å²) < 4.78 is 0.723. The zero-order chi connectivity index (χ0) is 11.5. The number of hydrogen-bond acceptors (Lipinski definition) is 3. The van der Waals surface area contributed by atoms with Gasteiger partial charge in [-0.3, -0.25) is 4.90 Å². The molecule has 1 amide bonds. The Kier molecular flexibility index (Phi) is 3.40. The predicted molar refractivity (Wildman–Crippen MR) is 62.3 cm³/mol. The fourth-order valence-corrected chi connectivity index (χ4v) is 2.16. The number of nitrogens with one attached hydrogen (secondary N) is 1. The monoisotopic (exact) mass is 285 g/mol. The van der Waals surface area contributed by atoms with Gasteiger partial charge in [0.15, 0.2) is 0 Å². The average Bonchev–Trinajstić information content (AvgIpc) is 2.29. The molecule has 1 saturated heterocycles. The Labute approximate surface area is 102 Å². The van der Waals surface area contributed by atoms with Gasteiger partial charge in [-0.25, -0.2) is 9.78 Å². The van der Waals surface area contributed by atoms with Gasteiger partial charge in [-0.05, 0) is 28.1 Å². The second-order valence-corrected chi connectivity index (χ2v) is 4.39. The molecule has 1 aromatic heterocycles. The van der Waals surface area contributed by atoms with E-state index in [9.17, 15) is 4.79 Å². The molecule has 2 rings (SSSR count). The van der Waals surface area contributed by atoms with Crippen molar-refractivity contribution < 1.29 is 9.90 Å². The van der Waals surface area contributed by atoms with Crippen LogP contribution in [0.15, 0.2) is 22.8 Å². The van der Waals surface area contributed by atoms with Gasteiger partial charge in [0.05, 0.1) is 11.7 Å². The van der Waals surface area contributed by atoms with Gasteiger partial charge >= 0.3 is 6.09 Å². The third-order valence-electron chi connectivity index (χ3n) is 2.57. The van der Waals surface area contributed by atoms with E-state index in [1.54, 1.807) is 0 Å². The Morgan fingerprint density at radius 3 is 3.12 bits per heavy atom. The van der Waals surface area contributed by atoms with Crippen molar-refractivity contribution in [2.45, 2.75) is 6.04 Å². The first kappa shape index (κ1) is 11.3. The van der Waals surface area contributed by atoms with E-state index in [2.05, 4.69) is 26.2 Å². The Hall–Kier alpha value is -1.14. The smallest absolute Gasteiger partial charge is 0.407 e. The molecule has 0 radical (unpaired) electrons. The maximum Gasteiger partial charge on any atom is 0.407 e. The first-order valence-electron chi connectivity index (χ1n) is 5.01. The maximum absolute atomic E-state index is 11.1. The van der Waals surface area contributed by atoms with E-state index in [1.165, 1.54) is 4.90 Å². The Balaban J connectivity index is 2.26. The molecule has 1 aliphatic rings. The molecule has 0 bridgehead atoms. The molecule has 1 aliphatic heterocycles. The highest BCUT2D eigenvalue weighted by molar-refractivity contribution is 9.10. The fraction of sp³-hybridized carbons (Fsp3) is 0.400. The second-order valence-electron chi connectivity index (χ2n) is 3.58. The summed E-state index contributed by atoms with van der Waals surface area (Å²) in [5, 5.41) is 12.3. The molecule has 1 unspecified atom stereocenters. The van der Waals surface area contributed by atoms with Gasteiger partial charge in [0.1, 0.15) is 4.60 Å². The predicted octanol–water partition coefficient (Wildman–Crippen LogP) is 1.47. The lowest BCUT2D eigenvalue weighted by molar-refractivity contribution is 0.111. The molecule has 0 aliphatic carbocycles. The van der Waals surface area contributed by atoms with Gasteiger partial charge < -0.3 is 10.4 Å². The van der Waals surface area contributed by atoms with Crippen LogP contribution in [0, 0.1) is 0 Å². The Morgan fingerprint density at radius 1 is 1.62 bits per heavy atom. The molecule has 86 valence electrons.